The second-order valence-corrected chi connectivity index (χ2v) is 18.8. The molecule has 3 aromatic carbocycles. The maximum atomic E-state index is 13.3. The first-order chi connectivity index (χ1) is 31.5. The zero-order valence-electron chi connectivity index (χ0n) is 40.4. The molecule has 358 valence electrons. The van der Waals surface area contributed by atoms with Gasteiger partial charge in [0, 0.05) is 30.5 Å². The van der Waals surface area contributed by atoms with E-state index in [2.05, 4.69) is 100 Å². The number of carbonyl (C=O) groups excluding carboxylic acids is 4. The molecule has 4 atom stereocenters. The molecule has 0 saturated carbocycles. The summed E-state index contributed by atoms with van der Waals surface area (Å²) in [5, 5.41) is 18.0. The molecule has 3 heterocycles. The van der Waals surface area contributed by atoms with Crippen molar-refractivity contribution in [1.82, 2.24) is 25.0 Å². The van der Waals surface area contributed by atoms with Crippen LogP contribution in [0.2, 0.25) is 0 Å². The van der Waals surface area contributed by atoms with Crippen LogP contribution in [0, 0.1) is 11.8 Å². The van der Waals surface area contributed by atoms with Gasteiger partial charge in [0.1, 0.15) is 18.8 Å². The molecule has 4 aromatic rings. The van der Waals surface area contributed by atoms with Gasteiger partial charge in [-0.1, -0.05) is 84.9 Å². The number of likely N-dealkylation sites (tertiary alicyclic amines) is 2. The fourth-order valence-electron chi connectivity index (χ4n) is 8.40. The van der Waals surface area contributed by atoms with Gasteiger partial charge in [-0.25, -0.2) is 9.59 Å². The first kappa shape index (κ1) is 50.9. The Labute approximate surface area is 390 Å². The minimum Gasteiger partial charge on any atom is -0.453 e. The van der Waals surface area contributed by atoms with Gasteiger partial charge in [-0.05, 0) is 115 Å². The molecule has 2 saturated heterocycles. The lowest BCUT2D eigenvalue weighted by atomic mass is 9.87. The SMILES string of the molecule is COC(=O)N[C@H](C(=O)N1CCC[C@H]1C)C(C)C.COC(=O)N[C@H](C(=O)N1CCC[C@H]1COCNc1ccc(-c2ccc(-c3ccc(NO)cc3)n2-c2ccc(C(C)(C)C)cc2)cc1)C(C)C. The summed E-state index contributed by atoms with van der Waals surface area (Å²) >= 11 is 0. The van der Waals surface area contributed by atoms with Crippen molar-refractivity contribution < 1.29 is 38.6 Å². The molecule has 6 rings (SSSR count). The molecule has 1 aromatic heterocycles. The van der Waals surface area contributed by atoms with E-state index in [0.717, 1.165) is 66.1 Å². The van der Waals surface area contributed by atoms with E-state index in [1.54, 1.807) is 0 Å². The smallest absolute Gasteiger partial charge is 0.407 e. The number of carbonyl (C=O) groups is 4. The predicted octanol–water partition coefficient (Wildman–Crippen LogP) is 9.05. The van der Waals surface area contributed by atoms with Crippen LogP contribution in [0.15, 0.2) is 84.9 Å². The van der Waals surface area contributed by atoms with Crippen LogP contribution in [-0.4, -0.2) is 108 Å². The minimum absolute atomic E-state index is 0.00426. The van der Waals surface area contributed by atoms with Crippen LogP contribution in [-0.2, 0) is 29.2 Å². The van der Waals surface area contributed by atoms with E-state index in [9.17, 15) is 24.4 Å². The van der Waals surface area contributed by atoms with Crippen LogP contribution in [0.5, 0.6) is 0 Å². The number of nitrogens with zero attached hydrogens (tertiary/aromatic N) is 3. The summed E-state index contributed by atoms with van der Waals surface area (Å²) < 4.78 is 17.5. The zero-order valence-corrected chi connectivity index (χ0v) is 40.4. The monoisotopic (exact) mass is 910 g/mol. The van der Waals surface area contributed by atoms with Gasteiger partial charge in [0.05, 0.1) is 43.9 Å². The minimum atomic E-state index is -0.645. The quantitative estimate of drug-likeness (QED) is 0.0440. The Morgan fingerprint density at radius 2 is 1.17 bits per heavy atom. The topological polar surface area (TPSA) is 176 Å². The number of anilines is 2. The molecule has 15 heteroatoms. The van der Waals surface area contributed by atoms with E-state index in [1.807, 2.05) is 80.8 Å². The average Bonchev–Trinajstić information content (AvgIpc) is 4.08. The summed E-state index contributed by atoms with van der Waals surface area (Å²) in [5.41, 5.74) is 10.3. The number of alkyl carbamates (subject to hydrolysis) is 2. The normalized spacial score (nSPS) is 16.9. The van der Waals surface area contributed by atoms with Crippen molar-refractivity contribution in [3.05, 3.63) is 90.5 Å². The van der Waals surface area contributed by atoms with E-state index in [-0.39, 0.29) is 41.1 Å². The Bertz CT molecular complexity index is 2200. The lowest BCUT2D eigenvalue weighted by Crippen LogP contribution is -2.53. The average molecular weight is 910 g/mol. The third-order valence-electron chi connectivity index (χ3n) is 12.3. The summed E-state index contributed by atoms with van der Waals surface area (Å²) in [5.74, 6) is -0.130. The molecule has 0 unspecified atom stereocenters. The number of amides is 4. The highest BCUT2D eigenvalue weighted by Crippen LogP contribution is 2.35. The third-order valence-corrected chi connectivity index (χ3v) is 12.3. The van der Waals surface area contributed by atoms with E-state index in [1.165, 1.54) is 19.8 Å². The Balaban J connectivity index is 0.000000404. The van der Waals surface area contributed by atoms with Crippen molar-refractivity contribution in [3.8, 4) is 28.2 Å². The summed E-state index contributed by atoms with van der Waals surface area (Å²) in [4.78, 5) is 52.3. The third kappa shape index (κ3) is 13.1. The van der Waals surface area contributed by atoms with Gasteiger partial charge < -0.3 is 44.5 Å². The zero-order chi connectivity index (χ0) is 48.1. The van der Waals surface area contributed by atoms with E-state index in [4.69, 9.17) is 9.47 Å². The lowest BCUT2D eigenvalue weighted by molar-refractivity contribution is -0.136. The molecule has 0 aliphatic carbocycles. The number of ether oxygens (including phenoxy) is 3. The van der Waals surface area contributed by atoms with Gasteiger partial charge in [-0.3, -0.25) is 20.3 Å². The van der Waals surface area contributed by atoms with Crippen LogP contribution in [0.25, 0.3) is 28.2 Å². The first-order valence-electron chi connectivity index (χ1n) is 23.0. The Hall–Kier alpha value is -6.06. The molecule has 0 bridgehead atoms. The second-order valence-electron chi connectivity index (χ2n) is 18.8. The molecule has 0 spiro atoms. The van der Waals surface area contributed by atoms with Crippen molar-refractivity contribution in [2.75, 3.05) is 51.4 Å². The number of methoxy groups -OCH3 is 2. The second kappa shape index (κ2) is 23.4. The number of nitrogens with one attached hydrogen (secondary N) is 4. The molecule has 0 radical (unpaired) electrons. The van der Waals surface area contributed by atoms with E-state index >= 15 is 0 Å². The van der Waals surface area contributed by atoms with Gasteiger partial charge in [0.2, 0.25) is 11.8 Å². The fourth-order valence-corrected chi connectivity index (χ4v) is 8.40. The number of hydrogen-bond acceptors (Lipinski definition) is 10. The molecule has 2 fully saturated rings. The van der Waals surface area contributed by atoms with Crippen molar-refractivity contribution in [1.29, 1.82) is 0 Å². The van der Waals surface area contributed by atoms with Crippen molar-refractivity contribution in [2.24, 2.45) is 11.8 Å². The standard InChI is InChI=1S/C39H49N5O5.C12H22N2O3/c1-26(2)36(41-38(46)48-6)37(45)43-23-7-8-33(43)24-49-25-40-30-15-9-27(10-16-30)34-21-22-35(28-11-17-31(42-47)18-12-28)44(34)32-19-13-29(14-20-32)39(3,4)5;1-8(2)10(13-12(16)17-4)11(15)14-7-5-6-9(14)3/h9-22,26,33,36,40,42,47H,7-8,23-25H2,1-6H3,(H,41,46);8-10H,5-7H2,1-4H3,(H,13,16)/t33-,36-;9-,10+/m01/s1. The van der Waals surface area contributed by atoms with E-state index < -0.39 is 24.3 Å². The highest BCUT2D eigenvalue weighted by Gasteiger charge is 2.36. The van der Waals surface area contributed by atoms with Crippen LogP contribution < -0.4 is 21.4 Å². The lowest BCUT2D eigenvalue weighted by Gasteiger charge is -2.30. The Morgan fingerprint density at radius 3 is 1.62 bits per heavy atom. The molecule has 66 heavy (non-hydrogen) atoms. The number of aromatic nitrogens is 1. The largest absolute Gasteiger partial charge is 0.453 e. The summed E-state index contributed by atoms with van der Waals surface area (Å²) in [6, 6.07) is 28.0. The first-order valence-corrected chi connectivity index (χ1v) is 23.0. The highest BCUT2D eigenvalue weighted by atomic mass is 16.5. The fraction of sp³-hybridized carbons (Fsp3) is 0.490. The van der Waals surface area contributed by atoms with Crippen molar-refractivity contribution >= 4 is 35.4 Å². The van der Waals surface area contributed by atoms with Gasteiger partial charge in [-0.2, -0.15) is 0 Å². The van der Waals surface area contributed by atoms with Crippen molar-refractivity contribution in [2.45, 2.75) is 111 Å². The number of benzene rings is 3. The molecular formula is C51H71N7O8. The molecule has 2 aliphatic rings. The Kier molecular flexibility index (Phi) is 18.1. The van der Waals surface area contributed by atoms with Gasteiger partial charge in [-0.15, -0.1) is 0 Å². The van der Waals surface area contributed by atoms with Crippen LogP contribution in [0.3, 0.4) is 0 Å². The van der Waals surface area contributed by atoms with Gasteiger partial charge in [0.15, 0.2) is 0 Å². The summed E-state index contributed by atoms with van der Waals surface area (Å²) in [6.07, 6.45) is 2.66. The van der Waals surface area contributed by atoms with Crippen LogP contribution in [0.4, 0.5) is 21.0 Å². The van der Waals surface area contributed by atoms with E-state index in [0.29, 0.717) is 25.6 Å². The predicted molar refractivity (Wildman–Crippen MR) is 259 cm³/mol. The van der Waals surface area contributed by atoms with Crippen molar-refractivity contribution in [3.63, 3.8) is 0 Å². The molecule has 5 N–H and O–H groups in total. The summed E-state index contributed by atoms with van der Waals surface area (Å²) in [7, 11) is 2.60. The Morgan fingerprint density at radius 1 is 0.682 bits per heavy atom. The molecule has 4 amide bonds. The number of rotatable bonds is 15. The van der Waals surface area contributed by atoms with Crippen LogP contribution in [0.1, 0.15) is 86.6 Å². The maximum Gasteiger partial charge on any atom is 0.407 e. The number of hydrogen-bond donors (Lipinski definition) is 5. The summed E-state index contributed by atoms with van der Waals surface area (Å²) in [6.45, 7) is 18.5. The molecule has 15 nitrogen and oxygen atoms in total. The van der Waals surface area contributed by atoms with Crippen LogP contribution >= 0.6 is 0 Å². The van der Waals surface area contributed by atoms with Gasteiger partial charge in [0.25, 0.3) is 0 Å². The molecular weight excluding hydrogens is 839 g/mol. The van der Waals surface area contributed by atoms with Gasteiger partial charge >= 0.3 is 12.2 Å². The maximum absolute atomic E-state index is 13.3. The molecule has 2 aliphatic heterocycles. The highest BCUT2D eigenvalue weighted by molar-refractivity contribution is 5.87.